The SMILES string of the molecule is NCCn1ccc2c3ccn(Cc4ccc(F)cc4)c(=O)c3ccc21. The van der Waals surface area contributed by atoms with Crippen LogP contribution in [-0.4, -0.2) is 15.7 Å². The molecule has 2 aromatic heterocycles. The summed E-state index contributed by atoms with van der Waals surface area (Å²) >= 11 is 0. The van der Waals surface area contributed by atoms with E-state index in [2.05, 4.69) is 4.57 Å². The van der Waals surface area contributed by atoms with Crippen molar-refractivity contribution in [3.8, 4) is 0 Å². The van der Waals surface area contributed by atoms with E-state index >= 15 is 0 Å². The lowest BCUT2D eigenvalue weighted by atomic mass is 10.1. The predicted molar refractivity (Wildman–Crippen MR) is 98.3 cm³/mol. The average Bonchev–Trinajstić information content (AvgIpc) is 3.03. The van der Waals surface area contributed by atoms with Crippen LogP contribution in [0.2, 0.25) is 0 Å². The normalized spacial score (nSPS) is 11.4. The van der Waals surface area contributed by atoms with E-state index in [1.807, 2.05) is 30.5 Å². The number of rotatable bonds is 4. The van der Waals surface area contributed by atoms with Crippen LogP contribution >= 0.6 is 0 Å². The van der Waals surface area contributed by atoms with E-state index < -0.39 is 0 Å². The molecule has 0 fully saturated rings. The molecule has 126 valence electrons. The highest BCUT2D eigenvalue weighted by Gasteiger charge is 2.09. The van der Waals surface area contributed by atoms with Crippen molar-refractivity contribution in [3.63, 3.8) is 0 Å². The summed E-state index contributed by atoms with van der Waals surface area (Å²) in [5.74, 6) is -0.279. The minimum Gasteiger partial charge on any atom is -0.346 e. The molecule has 0 saturated carbocycles. The van der Waals surface area contributed by atoms with Crippen LogP contribution in [0.4, 0.5) is 4.39 Å². The molecule has 0 spiro atoms. The zero-order valence-corrected chi connectivity index (χ0v) is 13.7. The molecular formula is C20H18FN3O. The number of pyridine rings is 1. The average molecular weight is 335 g/mol. The fraction of sp³-hybridized carbons (Fsp3) is 0.150. The first-order valence-electron chi connectivity index (χ1n) is 8.23. The number of nitrogens with two attached hydrogens (primary N) is 1. The molecular weight excluding hydrogens is 317 g/mol. The van der Waals surface area contributed by atoms with Crippen molar-refractivity contribution in [2.45, 2.75) is 13.1 Å². The molecule has 2 aromatic carbocycles. The fourth-order valence-corrected chi connectivity index (χ4v) is 3.29. The van der Waals surface area contributed by atoms with Gasteiger partial charge in [-0.3, -0.25) is 4.79 Å². The number of nitrogens with zero attached hydrogens (tertiary/aromatic N) is 2. The minimum atomic E-state index is -0.279. The number of hydrogen-bond acceptors (Lipinski definition) is 2. The summed E-state index contributed by atoms with van der Waals surface area (Å²) in [4.78, 5) is 12.8. The van der Waals surface area contributed by atoms with Gasteiger partial charge >= 0.3 is 0 Å². The Labute approximate surface area is 143 Å². The van der Waals surface area contributed by atoms with Gasteiger partial charge in [0.25, 0.3) is 5.56 Å². The molecule has 0 radical (unpaired) electrons. The summed E-state index contributed by atoms with van der Waals surface area (Å²) in [5, 5.41) is 2.67. The molecule has 4 rings (SSSR count). The second kappa shape index (κ2) is 6.18. The van der Waals surface area contributed by atoms with Crippen molar-refractivity contribution in [2.75, 3.05) is 6.54 Å². The summed E-state index contributed by atoms with van der Waals surface area (Å²) in [6, 6.07) is 14.0. The van der Waals surface area contributed by atoms with Gasteiger partial charge in [-0.2, -0.15) is 0 Å². The first kappa shape index (κ1) is 15.6. The first-order valence-corrected chi connectivity index (χ1v) is 8.23. The summed E-state index contributed by atoms with van der Waals surface area (Å²) in [6.07, 6.45) is 3.80. The molecule has 4 nitrogen and oxygen atoms in total. The molecule has 2 N–H and O–H groups in total. The molecule has 2 heterocycles. The number of benzene rings is 2. The van der Waals surface area contributed by atoms with Crippen molar-refractivity contribution in [3.05, 3.63) is 82.7 Å². The summed E-state index contributed by atoms with van der Waals surface area (Å²) in [5.41, 5.74) is 7.57. The lowest BCUT2D eigenvalue weighted by molar-refractivity contribution is 0.626. The van der Waals surface area contributed by atoms with Crippen molar-refractivity contribution < 1.29 is 4.39 Å². The number of aromatic nitrogens is 2. The third kappa shape index (κ3) is 2.72. The van der Waals surface area contributed by atoms with Crippen molar-refractivity contribution in [1.82, 2.24) is 9.13 Å². The van der Waals surface area contributed by atoms with Gasteiger partial charge in [0.1, 0.15) is 5.82 Å². The van der Waals surface area contributed by atoms with E-state index in [-0.39, 0.29) is 11.4 Å². The van der Waals surface area contributed by atoms with Gasteiger partial charge in [0, 0.05) is 41.8 Å². The Morgan fingerprint density at radius 2 is 1.56 bits per heavy atom. The smallest absolute Gasteiger partial charge is 0.258 e. The molecule has 0 aliphatic heterocycles. The number of hydrogen-bond donors (Lipinski definition) is 1. The van der Waals surface area contributed by atoms with Gasteiger partial charge in [-0.05, 0) is 47.3 Å². The Kier molecular flexibility index (Phi) is 3.86. The lowest BCUT2D eigenvalue weighted by Gasteiger charge is -2.09. The highest BCUT2D eigenvalue weighted by molar-refractivity contribution is 6.06. The monoisotopic (exact) mass is 335 g/mol. The largest absolute Gasteiger partial charge is 0.346 e. The molecule has 25 heavy (non-hydrogen) atoms. The molecule has 5 heteroatoms. The Balaban J connectivity index is 1.81. The second-order valence-electron chi connectivity index (χ2n) is 6.13. The molecule has 0 aliphatic rings. The molecule has 0 unspecified atom stereocenters. The van der Waals surface area contributed by atoms with Gasteiger partial charge in [0.2, 0.25) is 0 Å². The van der Waals surface area contributed by atoms with Gasteiger partial charge < -0.3 is 14.9 Å². The van der Waals surface area contributed by atoms with E-state index in [0.29, 0.717) is 18.5 Å². The zero-order chi connectivity index (χ0) is 17.4. The van der Waals surface area contributed by atoms with E-state index in [1.54, 1.807) is 22.9 Å². The van der Waals surface area contributed by atoms with Crippen LogP contribution in [0.25, 0.3) is 21.7 Å². The van der Waals surface area contributed by atoms with Crippen LogP contribution in [0.3, 0.4) is 0 Å². The van der Waals surface area contributed by atoms with Crippen LogP contribution in [-0.2, 0) is 13.1 Å². The van der Waals surface area contributed by atoms with Crippen molar-refractivity contribution >= 4 is 21.7 Å². The first-order chi connectivity index (χ1) is 12.2. The highest BCUT2D eigenvalue weighted by atomic mass is 19.1. The maximum Gasteiger partial charge on any atom is 0.258 e. The topological polar surface area (TPSA) is 52.9 Å². The molecule has 0 saturated heterocycles. The predicted octanol–water partition coefficient (Wildman–Crippen LogP) is 3.10. The molecule has 4 aromatic rings. The summed E-state index contributed by atoms with van der Waals surface area (Å²) in [6.45, 7) is 1.74. The zero-order valence-electron chi connectivity index (χ0n) is 13.7. The fourth-order valence-electron chi connectivity index (χ4n) is 3.29. The van der Waals surface area contributed by atoms with Gasteiger partial charge in [0.15, 0.2) is 0 Å². The molecule has 0 amide bonds. The van der Waals surface area contributed by atoms with E-state index in [0.717, 1.165) is 28.4 Å². The van der Waals surface area contributed by atoms with E-state index in [1.165, 1.54) is 12.1 Å². The Morgan fingerprint density at radius 3 is 2.32 bits per heavy atom. The summed E-state index contributed by atoms with van der Waals surface area (Å²) in [7, 11) is 0. The van der Waals surface area contributed by atoms with Crippen LogP contribution in [0, 0.1) is 5.82 Å². The van der Waals surface area contributed by atoms with Crippen LogP contribution in [0.1, 0.15) is 5.56 Å². The van der Waals surface area contributed by atoms with Gasteiger partial charge in [-0.25, -0.2) is 4.39 Å². The molecule has 0 bridgehead atoms. The van der Waals surface area contributed by atoms with Gasteiger partial charge in [-0.15, -0.1) is 0 Å². The molecule has 0 aliphatic carbocycles. The Hall–Kier alpha value is -2.92. The number of halogens is 1. The van der Waals surface area contributed by atoms with Crippen LogP contribution < -0.4 is 11.3 Å². The molecule has 0 atom stereocenters. The minimum absolute atomic E-state index is 0.0460. The van der Waals surface area contributed by atoms with Gasteiger partial charge in [-0.1, -0.05) is 12.1 Å². The lowest BCUT2D eigenvalue weighted by Crippen LogP contribution is -2.20. The van der Waals surface area contributed by atoms with Crippen LogP contribution in [0.5, 0.6) is 0 Å². The maximum absolute atomic E-state index is 13.0. The summed E-state index contributed by atoms with van der Waals surface area (Å²) < 4.78 is 16.8. The van der Waals surface area contributed by atoms with Crippen molar-refractivity contribution in [1.29, 1.82) is 0 Å². The highest BCUT2D eigenvalue weighted by Crippen LogP contribution is 2.24. The third-order valence-electron chi connectivity index (χ3n) is 4.54. The Morgan fingerprint density at radius 1 is 0.840 bits per heavy atom. The quantitative estimate of drug-likeness (QED) is 0.623. The van der Waals surface area contributed by atoms with Crippen LogP contribution in [0.15, 0.2) is 65.7 Å². The second-order valence-corrected chi connectivity index (χ2v) is 6.13. The van der Waals surface area contributed by atoms with Gasteiger partial charge in [0.05, 0.1) is 6.54 Å². The Bertz CT molecular complexity index is 1110. The maximum atomic E-state index is 13.0. The standard InChI is InChI=1S/C20H18FN3O/c21-15-3-1-14(2-4-15)13-24-11-7-16-17-8-10-23(12-9-22)19(17)6-5-18(16)20(24)25/h1-8,10-11H,9,12-13,22H2. The van der Waals surface area contributed by atoms with Crippen molar-refractivity contribution in [2.24, 2.45) is 5.73 Å². The van der Waals surface area contributed by atoms with E-state index in [9.17, 15) is 9.18 Å². The third-order valence-corrected chi connectivity index (χ3v) is 4.54. The number of fused-ring (bicyclic) bond motifs is 3. The van der Waals surface area contributed by atoms with E-state index in [4.69, 9.17) is 5.73 Å².